The van der Waals surface area contributed by atoms with Gasteiger partial charge in [0.1, 0.15) is 11.6 Å². The normalized spacial score (nSPS) is 12.7. The number of thiazole rings is 1. The quantitative estimate of drug-likeness (QED) is 0.921. The Bertz CT molecular complexity index is 540. The zero-order valence-corrected chi connectivity index (χ0v) is 11.0. The van der Waals surface area contributed by atoms with Crippen LogP contribution in [-0.2, 0) is 6.42 Å². The second-order valence-corrected chi connectivity index (χ2v) is 5.13. The van der Waals surface area contributed by atoms with Gasteiger partial charge in [0.2, 0.25) is 0 Å². The van der Waals surface area contributed by atoms with Crippen LogP contribution in [0.2, 0.25) is 0 Å². The number of hydrogen-bond acceptors (Lipinski definition) is 3. The lowest BCUT2D eigenvalue weighted by Gasteiger charge is -2.14. The van der Waals surface area contributed by atoms with Crippen molar-refractivity contribution < 1.29 is 8.78 Å². The van der Waals surface area contributed by atoms with Gasteiger partial charge in [0.25, 0.3) is 0 Å². The van der Waals surface area contributed by atoms with Gasteiger partial charge in [-0.05, 0) is 44.2 Å². The van der Waals surface area contributed by atoms with Gasteiger partial charge in [-0.1, -0.05) is 0 Å². The number of nitrogens with one attached hydrogen (secondary N) is 1. The van der Waals surface area contributed by atoms with Gasteiger partial charge in [-0.25, -0.2) is 13.8 Å². The van der Waals surface area contributed by atoms with Crippen molar-refractivity contribution in [1.82, 2.24) is 10.3 Å². The van der Waals surface area contributed by atoms with E-state index in [4.69, 9.17) is 0 Å². The van der Waals surface area contributed by atoms with Gasteiger partial charge in [0, 0.05) is 5.38 Å². The summed E-state index contributed by atoms with van der Waals surface area (Å²) in [5, 5.41) is 5.98. The van der Waals surface area contributed by atoms with Crippen LogP contribution in [0, 0.1) is 18.6 Å². The fourth-order valence-corrected chi connectivity index (χ4v) is 2.48. The summed E-state index contributed by atoms with van der Waals surface area (Å²) in [6.45, 7) is 1.92. The third-order valence-electron chi connectivity index (χ3n) is 2.77. The number of benzene rings is 1. The SMILES string of the molecule is CNC(Cc1cc(F)ccc1F)c1csc(C)n1. The molecule has 1 aromatic carbocycles. The minimum atomic E-state index is -0.421. The van der Waals surface area contributed by atoms with E-state index in [1.54, 1.807) is 18.4 Å². The molecule has 0 amide bonds. The van der Waals surface area contributed by atoms with Gasteiger partial charge in [0.15, 0.2) is 0 Å². The summed E-state index contributed by atoms with van der Waals surface area (Å²) < 4.78 is 26.7. The number of likely N-dealkylation sites (N-methyl/N-ethyl adjacent to an activating group) is 1. The zero-order valence-electron chi connectivity index (χ0n) is 10.2. The highest BCUT2D eigenvalue weighted by Crippen LogP contribution is 2.22. The summed E-state index contributed by atoms with van der Waals surface area (Å²) in [5.74, 6) is -0.806. The molecule has 2 aromatic rings. The Morgan fingerprint density at radius 3 is 2.78 bits per heavy atom. The molecule has 0 aliphatic rings. The molecule has 1 heterocycles. The molecule has 0 saturated carbocycles. The van der Waals surface area contributed by atoms with E-state index in [0.717, 1.165) is 22.8 Å². The van der Waals surface area contributed by atoms with Crippen molar-refractivity contribution in [2.75, 3.05) is 7.05 Å². The molecular weight excluding hydrogens is 254 g/mol. The average Bonchev–Trinajstić information content (AvgIpc) is 2.77. The molecule has 1 aromatic heterocycles. The predicted octanol–water partition coefficient (Wildman–Crippen LogP) is 3.23. The summed E-state index contributed by atoms with van der Waals surface area (Å²) in [5.41, 5.74) is 1.23. The molecule has 2 rings (SSSR count). The molecule has 2 nitrogen and oxygen atoms in total. The molecule has 0 bridgehead atoms. The van der Waals surface area contributed by atoms with Crippen molar-refractivity contribution in [1.29, 1.82) is 0 Å². The van der Waals surface area contributed by atoms with E-state index >= 15 is 0 Å². The van der Waals surface area contributed by atoms with Gasteiger partial charge in [-0.15, -0.1) is 11.3 Å². The molecule has 0 fully saturated rings. The molecule has 1 unspecified atom stereocenters. The molecule has 0 saturated heterocycles. The fraction of sp³-hybridized carbons (Fsp3) is 0.308. The first-order valence-electron chi connectivity index (χ1n) is 5.63. The van der Waals surface area contributed by atoms with E-state index in [2.05, 4.69) is 10.3 Å². The lowest BCUT2D eigenvalue weighted by molar-refractivity contribution is 0.537. The van der Waals surface area contributed by atoms with Crippen LogP contribution in [0.1, 0.15) is 22.3 Å². The maximum atomic E-state index is 13.6. The van der Waals surface area contributed by atoms with Crippen LogP contribution >= 0.6 is 11.3 Å². The summed E-state index contributed by atoms with van der Waals surface area (Å²) in [6, 6.07) is 3.41. The van der Waals surface area contributed by atoms with Crippen molar-refractivity contribution >= 4 is 11.3 Å². The fourth-order valence-electron chi connectivity index (χ4n) is 1.81. The Hall–Kier alpha value is -1.33. The maximum Gasteiger partial charge on any atom is 0.126 e. The first-order valence-corrected chi connectivity index (χ1v) is 6.51. The van der Waals surface area contributed by atoms with Gasteiger partial charge in [-0.2, -0.15) is 0 Å². The van der Waals surface area contributed by atoms with Crippen LogP contribution in [0.15, 0.2) is 23.6 Å². The summed E-state index contributed by atoms with van der Waals surface area (Å²) in [7, 11) is 1.79. The number of rotatable bonds is 4. The lowest BCUT2D eigenvalue weighted by atomic mass is 10.0. The standard InChI is InChI=1S/C13H14F2N2S/c1-8-17-13(7-18-8)12(16-2)6-9-5-10(14)3-4-11(9)15/h3-5,7,12,16H,6H2,1-2H3. The van der Waals surface area contributed by atoms with Gasteiger partial charge in [-0.3, -0.25) is 0 Å². The first-order chi connectivity index (χ1) is 8.60. The minimum Gasteiger partial charge on any atom is -0.311 e. The van der Waals surface area contributed by atoms with Gasteiger partial charge < -0.3 is 5.32 Å². The van der Waals surface area contributed by atoms with Crippen molar-refractivity contribution in [3.63, 3.8) is 0 Å². The van der Waals surface area contributed by atoms with Crippen LogP contribution < -0.4 is 5.32 Å². The van der Waals surface area contributed by atoms with E-state index in [0.29, 0.717) is 12.0 Å². The van der Waals surface area contributed by atoms with Crippen LogP contribution in [0.4, 0.5) is 8.78 Å². The van der Waals surface area contributed by atoms with Crippen molar-refractivity contribution in [3.05, 3.63) is 51.5 Å². The van der Waals surface area contributed by atoms with Crippen LogP contribution in [0.3, 0.4) is 0 Å². The molecule has 1 atom stereocenters. The zero-order chi connectivity index (χ0) is 13.1. The molecule has 18 heavy (non-hydrogen) atoms. The number of halogens is 2. The van der Waals surface area contributed by atoms with E-state index in [9.17, 15) is 8.78 Å². The molecule has 1 N–H and O–H groups in total. The number of nitrogens with zero attached hydrogens (tertiary/aromatic N) is 1. The van der Waals surface area contributed by atoms with E-state index in [-0.39, 0.29) is 11.9 Å². The van der Waals surface area contributed by atoms with E-state index < -0.39 is 5.82 Å². The molecule has 0 spiro atoms. The predicted molar refractivity (Wildman–Crippen MR) is 68.7 cm³/mol. The second-order valence-electron chi connectivity index (χ2n) is 4.07. The van der Waals surface area contributed by atoms with Crippen molar-refractivity contribution in [2.45, 2.75) is 19.4 Å². The summed E-state index contributed by atoms with van der Waals surface area (Å²) in [4.78, 5) is 4.37. The Balaban J connectivity index is 2.22. The van der Waals surface area contributed by atoms with Crippen LogP contribution in [-0.4, -0.2) is 12.0 Å². The van der Waals surface area contributed by atoms with Crippen LogP contribution in [0.5, 0.6) is 0 Å². The topological polar surface area (TPSA) is 24.9 Å². The van der Waals surface area contributed by atoms with Gasteiger partial charge >= 0.3 is 0 Å². The maximum absolute atomic E-state index is 13.6. The molecule has 0 aliphatic heterocycles. The monoisotopic (exact) mass is 268 g/mol. The average molecular weight is 268 g/mol. The highest BCUT2D eigenvalue weighted by atomic mass is 32.1. The highest BCUT2D eigenvalue weighted by Gasteiger charge is 2.15. The first kappa shape index (κ1) is 13.1. The minimum absolute atomic E-state index is 0.105. The Morgan fingerprint density at radius 2 is 2.17 bits per heavy atom. The molecular formula is C13H14F2N2S. The van der Waals surface area contributed by atoms with Crippen molar-refractivity contribution in [3.8, 4) is 0 Å². The molecule has 5 heteroatoms. The number of hydrogen-bond donors (Lipinski definition) is 1. The molecule has 0 aliphatic carbocycles. The summed E-state index contributed by atoms with van der Waals surface area (Å²) >= 11 is 1.55. The number of aromatic nitrogens is 1. The molecule has 0 radical (unpaired) electrons. The third kappa shape index (κ3) is 2.91. The lowest BCUT2D eigenvalue weighted by Crippen LogP contribution is -2.19. The Labute approximate surface area is 109 Å². The molecule has 96 valence electrons. The highest BCUT2D eigenvalue weighted by molar-refractivity contribution is 7.09. The Morgan fingerprint density at radius 1 is 1.39 bits per heavy atom. The third-order valence-corrected chi connectivity index (χ3v) is 3.57. The van der Waals surface area contributed by atoms with E-state index in [1.807, 2.05) is 12.3 Å². The largest absolute Gasteiger partial charge is 0.311 e. The number of aryl methyl sites for hydroxylation is 1. The van der Waals surface area contributed by atoms with Gasteiger partial charge in [0.05, 0.1) is 16.7 Å². The second kappa shape index (κ2) is 5.54. The smallest absolute Gasteiger partial charge is 0.126 e. The van der Waals surface area contributed by atoms with Crippen LogP contribution in [0.25, 0.3) is 0 Å². The van der Waals surface area contributed by atoms with Crippen molar-refractivity contribution in [2.24, 2.45) is 0 Å². The van der Waals surface area contributed by atoms with E-state index in [1.165, 1.54) is 6.07 Å². The Kier molecular flexibility index (Phi) is 4.04. The summed E-state index contributed by atoms with van der Waals surface area (Å²) in [6.07, 6.45) is 0.378.